The first-order valence-corrected chi connectivity index (χ1v) is 4.51. The number of amides is 1. The molecule has 16 heavy (non-hydrogen) atoms. The molecule has 0 aliphatic rings. The highest BCUT2D eigenvalue weighted by atomic mass is 19.3. The molecule has 5 nitrogen and oxygen atoms in total. The predicted octanol–water partition coefficient (Wildman–Crippen LogP) is 0.704. The van der Waals surface area contributed by atoms with Crippen LogP contribution in [0.1, 0.15) is 10.4 Å². The Balaban J connectivity index is 2.72. The second-order valence-corrected chi connectivity index (χ2v) is 3.15. The van der Waals surface area contributed by atoms with Gasteiger partial charge >= 0.3 is 0 Å². The number of nitrogens with two attached hydrogens (primary N) is 1. The molecule has 0 unspecified atom stereocenters. The fraction of sp³-hybridized carbons (Fsp3) is 0.333. The summed E-state index contributed by atoms with van der Waals surface area (Å²) >= 11 is 0. The number of rotatable bonds is 4. The predicted molar refractivity (Wildman–Crippen MR) is 55.0 cm³/mol. The standard InChI is InChI=1S/C9H12F2N4O/c1-15(5-7(10)11)9(16)6-2-3-8(14-12)13-4-6/h2-4,7H,5,12H2,1H3,(H,13,14). The lowest BCUT2D eigenvalue weighted by Crippen LogP contribution is -2.31. The van der Waals surface area contributed by atoms with Crippen molar-refractivity contribution in [3.8, 4) is 0 Å². The Morgan fingerprint density at radius 2 is 2.31 bits per heavy atom. The maximum atomic E-state index is 12.0. The Bertz CT molecular complexity index is 355. The molecular weight excluding hydrogens is 218 g/mol. The molecule has 3 N–H and O–H groups in total. The summed E-state index contributed by atoms with van der Waals surface area (Å²) in [6.45, 7) is -0.601. The van der Waals surface area contributed by atoms with Crippen molar-refractivity contribution < 1.29 is 13.6 Å². The topological polar surface area (TPSA) is 71.2 Å². The third-order valence-corrected chi connectivity index (χ3v) is 1.92. The van der Waals surface area contributed by atoms with Crippen molar-refractivity contribution >= 4 is 11.7 Å². The van der Waals surface area contributed by atoms with Crippen molar-refractivity contribution in [2.24, 2.45) is 5.84 Å². The lowest BCUT2D eigenvalue weighted by atomic mass is 10.2. The minimum absolute atomic E-state index is 0.238. The van der Waals surface area contributed by atoms with E-state index in [4.69, 9.17) is 5.84 Å². The molecule has 0 radical (unpaired) electrons. The van der Waals surface area contributed by atoms with Gasteiger partial charge in [0.2, 0.25) is 0 Å². The van der Waals surface area contributed by atoms with Crippen molar-refractivity contribution in [3.63, 3.8) is 0 Å². The molecule has 0 saturated heterocycles. The van der Waals surface area contributed by atoms with E-state index in [1.165, 1.54) is 25.4 Å². The maximum Gasteiger partial charge on any atom is 0.255 e. The number of pyridine rings is 1. The van der Waals surface area contributed by atoms with Crippen LogP contribution in [0.4, 0.5) is 14.6 Å². The zero-order valence-electron chi connectivity index (χ0n) is 8.65. The summed E-state index contributed by atoms with van der Waals surface area (Å²) in [5.74, 6) is 4.99. The number of carbonyl (C=O) groups excluding carboxylic acids is 1. The molecule has 0 saturated carbocycles. The van der Waals surface area contributed by atoms with Gasteiger partial charge in [0.1, 0.15) is 5.82 Å². The first-order valence-electron chi connectivity index (χ1n) is 4.51. The molecule has 0 spiro atoms. The number of anilines is 1. The van der Waals surface area contributed by atoms with Crippen LogP contribution in [-0.2, 0) is 0 Å². The Morgan fingerprint density at radius 3 is 2.75 bits per heavy atom. The lowest BCUT2D eigenvalue weighted by Gasteiger charge is -2.16. The smallest absolute Gasteiger partial charge is 0.255 e. The highest BCUT2D eigenvalue weighted by Gasteiger charge is 2.15. The zero-order valence-corrected chi connectivity index (χ0v) is 8.65. The summed E-state index contributed by atoms with van der Waals surface area (Å²) in [4.78, 5) is 16.3. The van der Waals surface area contributed by atoms with Crippen LogP contribution >= 0.6 is 0 Å². The van der Waals surface area contributed by atoms with Crippen molar-refractivity contribution in [2.45, 2.75) is 6.43 Å². The van der Waals surface area contributed by atoms with Crippen LogP contribution in [-0.4, -0.2) is 35.8 Å². The molecule has 0 atom stereocenters. The van der Waals surface area contributed by atoms with E-state index in [0.717, 1.165) is 4.90 Å². The van der Waals surface area contributed by atoms with E-state index in [9.17, 15) is 13.6 Å². The van der Waals surface area contributed by atoms with E-state index in [2.05, 4.69) is 10.4 Å². The number of hydrogen-bond donors (Lipinski definition) is 2. The molecule has 0 aliphatic heterocycles. The summed E-state index contributed by atoms with van der Waals surface area (Å²) in [5.41, 5.74) is 2.54. The SMILES string of the molecule is CN(CC(F)F)C(=O)c1ccc(NN)nc1. The second-order valence-electron chi connectivity index (χ2n) is 3.15. The van der Waals surface area contributed by atoms with E-state index in [-0.39, 0.29) is 5.56 Å². The molecular formula is C9H12F2N4O. The summed E-state index contributed by atoms with van der Waals surface area (Å²) in [6.07, 6.45) is -1.27. The number of nitrogen functional groups attached to an aromatic ring is 1. The molecule has 7 heteroatoms. The summed E-state index contributed by atoms with van der Waals surface area (Å²) in [6, 6.07) is 2.95. The number of carbonyl (C=O) groups is 1. The van der Waals surface area contributed by atoms with Gasteiger partial charge < -0.3 is 10.3 Å². The van der Waals surface area contributed by atoms with Crippen LogP contribution in [0.25, 0.3) is 0 Å². The highest BCUT2D eigenvalue weighted by molar-refractivity contribution is 5.93. The van der Waals surface area contributed by atoms with Gasteiger partial charge in [0.05, 0.1) is 12.1 Å². The van der Waals surface area contributed by atoms with E-state index in [1.807, 2.05) is 0 Å². The molecule has 0 aromatic carbocycles. The molecule has 1 amide bonds. The number of alkyl halides is 2. The van der Waals surface area contributed by atoms with Crippen molar-refractivity contribution in [2.75, 3.05) is 19.0 Å². The van der Waals surface area contributed by atoms with Gasteiger partial charge in [-0.3, -0.25) is 4.79 Å². The number of hydrazine groups is 1. The molecule has 0 fully saturated rings. The number of halogens is 2. The average molecular weight is 230 g/mol. The first-order chi connectivity index (χ1) is 7.54. The van der Waals surface area contributed by atoms with Gasteiger partial charge in [0.25, 0.3) is 12.3 Å². The summed E-state index contributed by atoms with van der Waals surface area (Å²) in [7, 11) is 1.31. The van der Waals surface area contributed by atoms with Crippen molar-refractivity contribution in [1.29, 1.82) is 0 Å². The Morgan fingerprint density at radius 1 is 1.62 bits per heavy atom. The largest absolute Gasteiger partial charge is 0.336 e. The van der Waals surface area contributed by atoms with Crippen LogP contribution in [0.15, 0.2) is 18.3 Å². The summed E-state index contributed by atoms with van der Waals surface area (Å²) in [5, 5.41) is 0. The van der Waals surface area contributed by atoms with Crippen LogP contribution in [0, 0.1) is 0 Å². The Kier molecular flexibility index (Phi) is 4.12. The average Bonchev–Trinajstić information content (AvgIpc) is 2.27. The zero-order chi connectivity index (χ0) is 12.1. The minimum Gasteiger partial charge on any atom is -0.336 e. The van der Waals surface area contributed by atoms with Gasteiger partial charge in [-0.15, -0.1) is 0 Å². The van der Waals surface area contributed by atoms with E-state index >= 15 is 0 Å². The van der Waals surface area contributed by atoms with E-state index in [1.54, 1.807) is 0 Å². The van der Waals surface area contributed by atoms with E-state index in [0.29, 0.717) is 5.82 Å². The Hall–Kier alpha value is -1.76. The van der Waals surface area contributed by atoms with Gasteiger partial charge in [0, 0.05) is 13.2 Å². The fourth-order valence-electron chi connectivity index (χ4n) is 1.12. The molecule has 0 bridgehead atoms. The molecule has 1 aromatic rings. The number of aromatic nitrogens is 1. The monoisotopic (exact) mass is 230 g/mol. The normalized spacial score (nSPS) is 10.3. The lowest BCUT2D eigenvalue weighted by molar-refractivity contribution is 0.0620. The van der Waals surface area contributed by atoms with Gasteiger partial charge in [-0.2, -0.15) is 0 Å². The third-order valence-electron chi connectivity index (χ3n) is 1.92. The van der Waals surface area contributed by atoms with E-state index < -0.39 is 18.9 Å². The molecule has 1 heterocycles. The molecule has 1 rings (SSSR count). The van der Waals surface area contributed by atoms with Crippen molar-refractivity contribution in [3.05, 3.63) is 23.9 Å². The molecule has 0 aliphatic carbocycles. The minimum atomic E-state index is -2.55. The fourth-order valence-corrected chi connectivity index (χ4v) is 1.12. The number of nitrogens with one attached hydrogen (secondary N) is 1. The molecule has 88 valence electrons. The quantitative estimate of drug-likeness (QED) is 0.590. The van der Waals surface area contributed by atoms with Gasteiger partial charge in [0.15, 0.2) is 0 Å². The first kappa shape index (κ1) is 12.3. The third kappa shape index (κ3) is 3.13. The van der Waals surface area contributed by atoms with Gasteiger partial charge in [-0.05, 0) is 12.1 Å². The van der Waals surface area contributed by atoms with Crippen LogP contribution in [0.3, 0.4) is 0 Å². The Labute approximate surface area is 91.2 Å². The highest BCUT2D eigenvalue weighted by Crippen LogP contribution is 2.07. The van der Waals surface area contributed by atoms with Crippen LogP contribution in [0.5, 0.6) is 0 Å². The van der Waals surface area contributed by atoms with Crippen LogP contribution < -0.4 is 11.3 Å². The second kappa shape index (κ2) is 5.36. The van der Waals surface area contributed by atoms with Crippen molar-refractivity contribution in [1.82, 2.24) is 9.88 Å². The van der Waals surface area contributed by atoms with Crippen LogP contribution in [0.2, 0.25) is 0 Å². The maximum absolute atomic E-state index is 12.0. The number of hydrogen-bond acceptors (Lipinski definition) is 4. The molecule has 1 aromatic heterocycles. The number of nitrogens with zero attached hydrogens (tertiary/aromatic N) is 2. The van der Waals surface area contributed by atoms with Gasteiger partial charge in [-0.1, -0.05) is 0 Å². The van der Waals surface area contributed by atoms with Gasteiger partial charge in [-0.25, -0.2) is 19.6 Å². The summed E-state index contributed by atoms with van der Waals surface area (Å²) < 4.78 is 24.1.